The number of fused-ring (bicyclic) bond motifs is 10. The first-order chi connectivity index (χ1) is 12.8. The molecule has 10 atom stereocenters. The molecule has 0 aromatic rings. The molecule has 0 saturated heterocycles. The first kappa shape index (κ1) is 15.9. The number of rotatable bonds is 0. The molecule has 2 N–H and O–H groups in total. The predicted octanol–water partition coefficient (Wildman–Crippen LogP) is 5.27. The molecule has 0 aliphatic heterocycles. The van der Waals surface area contributed by atoms with Gasteiger partial charge in [-0.05, 0) is 84.9 Å². The molecule has 0 aromatic heterocycles. The first-order valence-electron chi connectivity index (χ1n) is 11.3. The molecule has 26 heavy (non-hydrogen) atoms. The lowest BCUT2D eigenvalue weighted by molar-refractivity contribution is -0.000340. The highest BCUT2D eigenvalue weighted by molar-refractivity contribution is 5.32. The van der Waals surface area contributed by atoms with Gasteiger partial charge in [0.15, 0.2) is 0 Å². The number of allylic oxidation sites excluding steroid dienone is 7. The maximum Gasteiger partial charge on any atom is 0.0226 e. The van der Waals surface area contributed by atoms with Crippen LogP contribution in [0, 0.1) is 52.8 Å². The Morgan fingerprint density at radius 2 is 1.62 bits per heavy atom. The van der Waals surface area contributed by atoms with Gasteiger partial charge >= 0.3 is 0 Å². The Morgan fingerprint density at radius 3 is 2.58 bits per heavy atom. The van der Waals surface area contributed by atoms with Crippen LogP contribution in [0.1, 0.15) is 44.9 Å². The van der Waals surface area contributed by atoms with E-state index in [-0.39, 0.29) is 6.04 Å². The van der Waals surface area contributed by atoms with Crippen molar-refractivity contribution in [2.24, 2.45) is 58.5 Å². The molecule has 0 radical (unpaired) electrons. The van der Waals surface area contributed by atoms with Crippen LogP contribution >= 0.6 is 0 Å². The maximum absolute atomic E-state index is 6.53. The minimum absolute atomic E-state index is 0.285. The second-order valence-corrected chi connectivity index (χ2v) is 10.1. The molecule has 138 valence electrons. The first-order valence-corrected chi connectivity index (χ1v) is 11.3. The zero-order valence-corrected chi connectivity index (χ0v) is 15.8. The summed E-state index contributed by atoms with van der Waals surface area (Å²) in [6.07, 6.45) is 29.8. The molecule has 0 amide bonds. The summed E-state index contributed by atoms with van der Waals surface area (Å²) in [6, 6.07) is 0.285. The van der Waals surface area contributed by atoms with Crippen LogP contribution in [-0.2, 0) is 0 Å². The second-order valence-electron chi connectivity index (χ2n) is 10.1. The van der Waals surface area contributed by atoms with Crippen molar-refractivity contribution in [3.8, 4) is 0 Å². The third-order valence-electron chi connectivity index (χ3n) is 9.48. The standard InChI is InChI=1S/C25H33N/c26-16-13-14-20-19-9-3-6-12-23(19)25(24(20)15-16)21-10-4-1-7-17(21)18-8-2-5-11-22(18)25/h1-2,4,7-8,10,13-14,16-24H,3,5-6,9,11-12,15,26H2. The molecule has 1 heteroatoms. The summed E-state index contributed by atoms with van der Waals surface area (Å²) < 4.78 is 0. The topological polar surface area (TPSA) is 26.0 Å². The number of hydrogen-bond acceptors (Lipinski definition) is 1. The number of nitrogens with two attached hydrogens (primary N) is 1. The van der Waals surface area contributed by atoms with E-state index in [1.165, 1.54) is 44.9 Å². The summed E-state index contributed by atoms with van der Waals surface area (Å²) in [4.78, 5) is 0. The molecule has 3 saturated carbocycles. The van der Waals surface area contributed by atoms with Crippen molar-refractivity contribution in [1.29, 1.82) is 0 Å². The highest BCUT2D eigenvalue weighted by Crippen LogP contribution is 2.75. The van der Waals surface area contributed by atoms with Gasteiger partial charge in [0, 0.05) is 6.04 Å². The Hall–Kier alpha value is -1.08. The van der Waals surface area contributed by atoms with E-state index in [1.807, 2.05) is 0 Å². The van der Waals surface area contributed by atoms with Crippen LogP contribution < -0.4 is 5.73 Å². The van der Waals surface area contributed by atoms with Gasteiger partial charge in [0.25, 0.3) is 0 Å². The van der Waals surface area contributed by atoms with Crippen LogP contribution in [0.2, 0.25) is 0 Å². The molecule has 1 nitrogen and oxygen atoms in total. The van der Waals surface area contributed by atoms with Gasteiger partial charge in [-0.2, -0.15) is 0 Å². The second kappa shape index (κ2) is 5.71. The van der Waals surface area contributed by atoms with E-state index in [2.05, 4.69) is 48.6 Å². The van der Waals surface area contributed by atoms with Gasteiger partial charge in [0.2, 0.25) is 0 Å². The molecule has 10 unspecified atom stereocenters. The summed E-state index contributed by atoms with van der Waals surface area (Å²) in [6.45, 7) is 0. The Kier molecular flexibility index (Phi) is 3.50. The van der Waals surface area contributed by atoms with Crippen molar-refractivity contribution < 1.29 is 0 Å². The van der Waals surface area contributed by atoms with Gasteiger partial charge < -0.3 is 5.73 Å². The molecule has 1 spiro atoms. The third kappa shape index (κ3) is 1.86. The average Bonchev–Trinajstić information content (AvgIpc) is 3.15. The summed E-state index contributed by atoms with van der Waals surface area (Å²) in [5.41, 5.74) is 7.05. The summed E-state index contributed by atoms with van der Waals surface area (Å²) in [7, 11) is 0. The molecular weight excluding hydrogens is 314 g/mol. The van der Waals surface area contributed by atoms with Crippen molar-refractivity contribution in [3.63, 3.8) is 0 Å². The molecule has 6 aliphatic rings. The van der Waals surface area contributed by atoms with Crippen molar-refractivity contribution in [3.05, 3.63) is 48.6 Å². The molecule has 0 aromatic carbocycles. The van der Waals surface area contributed by atoms with E-state index in [4.69, 9.17) is 5.73 Å². The molecule has 6 rings (SSSR count). The molecular formula is C25H33N. The lowest BCUT2D eigenvalue weighted by atomic mass is 9.54. The highest BCUT2D eigenvalue weighted by atomic mass is 14.8. The fourth-order valence-electron chi connectivity index (χ4n) is 9.05. The predicted molar refractivity (Wildman–Crippen MR) is 107 cm³/mol. The van der Waals surface area contributed by atoms with Crippen molar-refractivity contribution in [2.75, 3.05) is 0 Å². The van der Waals surface area contributed by atoms with Crippen molar-refractivity contribution >= 4 is 0 Å². The van der Waals surface area contributed by atoms with Crippen LogP contribution in [-0.4, -0.2) is 6.04 Å². The van der Waals surface area contributed by atoms with E-state index in [0.29, 0.717) is 5.41 Å². The largest absolute Gasteiger partial charge is 0.324 e. The van der Waals surface area contributed by atoms with E-state index >= 15 is 0 Å². The van der Waals surface area contributed by atoms with Crippen LogP contribution in [0.15, 0.2) is 48.6 Å². The Balaban J connectivity index is 1.55. The molecule has 0 heterocycles. The van der Waals surface area contributed by atoms with Gasteiger partial charge in [0.1, 0.15) is 0 Å². The SMILES string of the molecule is NC1C=CC2C3CCCCC3C3(C4C=CC=CC4C4C=CCCC43)C2C1. The maximum atomic E-state index is 6.53. The Morgan fingerprint density at radius 1 is 0.731 bits per heavy atom. The van der Waals surface area contributed by atoms with Crippen molar-refractivity contribution in [2.45, 2.75) is 51.0 Å². The van der Waals surface area contributed by atoms with E-state index in [1.54, 1.807) is 0 Å². The fourth-order valence-corrected chi connectivity index (χ4v) is 9.05. The van der Waals surface area contributed by atoms with Gasteiger partial charge in [-0.3, -0.25) is 0 Å². The Bertz CT molecular complexity index is 699. The van der Waals surface area contributed by atoms with Crippen LogP contribution in [0.25, 0.3) is 0 Å². The summed E-state index contributed by atoms with van der Waals surface area (Å²) in [5.74, 6) is 6.65. The quantitative estimate of drug-likeness (QED) is 0.594. The lowest BCUT2D eigenvalue weighted by Gasteiger charge is -2.50. The molecule has 0 bridgehead atoms. The minimum atomic E-state index is 0.285. The van der Waals surface area contributed by atoms with Gasteiger partial charge in [-0.15, -0.1) is 0 Å². The van der Waals surface area contributed by atoms with Crippen LogP contribution in [0.3, 0.4) is 0 Å². The lowest BCUT2D eigenvalue weighted by Crippen LogP contribution is -2.46. The van der Waals surface area contributed by atoms with E-state index in [9.17, 15) is 0 Å². The normalized spacial score (nSPS) is 56.3. The van der Waals surface area contributed by atoms with Gasteiger partial charge in [-0.25, -0.2) is 0 Å². The summed E-state index contributed by atoms with van der Waals surface area (Å²) >= 11 is 0. The zero-order chi connectivity index (χ0) is 17.3. The molecule has 6 aliphatic carbocycles. The monoisotopic (exact) mass is 347 g/mol. The van der Waals surface area contributed by atoms with Crippen LogP contribution in [0.4, 0.5) is 0 Å². The summed E-state index contributed by atoms with van der Waals surface area (Å²) in [5, 5.41) is 0. The van der Waals surface area contributed by atoms with Gasteiger partial charge in [-0.1, -0.05) is 61.4 Å². The van der Waals surface area contributed by atoms with E-state index in [0.717, 1.165) is 47.3 Å². The van der Waals surface area contributed by atoms with Crippen LogP contribution in [0.5, 0.6) is 0 Å². The van der Waals surface area contributed by atoms with Crippen molar-refractivity contribution in [1.82, 2.24) is 0 Å². The fraction of sp³-hybridized carbons (Fsp3) is 0.680. The van der Waals surface area contributed by atoms with E-state index < -0.39 is 0 Å². The Labute approximate surface area is 158 Å². The highest BCUT2D eigenvalue weighted by Gasteiger charge is 2.70. The minimum Gasteiger partial charge on any atom is -0.324 e. The smallest absolute Gasteiger partial charge is 0.0226 e. The van der Waals surface area contributed by atoms with Gasteiger partial charge in [0.05, 0.1) is 0 Å². The third-order valence-corrected chi connectivity index (χ3v) is 9.48. The number of hydrogen-bond donors (Lipinski definition) is 1. The molecule has 3 fully saturated rings. The average molecular weight is 348 g/mol. The zero-order valence-electron chi connectivity index (χ0n) is 15.8.